The van der Waals surface area contributed by atoms with E-state index in [1.54, 1.807) is 12.1 Å². The highest BCUT2D eigenvalue weighted by Gasteiger charge is 2.28. The van der Waals surface area contributed by atoms with Crippen LogP contribution in [0.3, 0.4) is 0 Å². The number of ether oxygens (including phenoxy) is 1. The predicted molar refractivity (Wildman–Crippen MR) is 89.8 cm³/mol. The first kappa shape index (κ1) is 16.7. The van der Waals surface area contributed by atoms with Crippen LogP contribution in [0, 0.1) is 0 Å². The summed E-state index contributed by atoms with van der Waals surface area (Å²) in [5.41, 5.74) is 0.448. The molecule has 0 bridgehead atoms. The third-order valence-corrected chi connectivity index (χ3v) is 4.81. The summed E-state index contributed by atoms with van der Waals surface area (Å²) in [6.07, 6.45) is 6.53. The average Bonchev–Trinajstić information content (AvgIpc) is 3.05. The minimum Gasteiger partial charge on any atom is -0.375 e. The molecule has 0 saturated carbocycles. The Hall–Kier alpha value is -1.17. The number of pyridine rings is 1. The van der Waals surface area contributed by atoms with E-state index >= 15 is 0 Å². The van der Waals surface area contributed by atoms with E-state index in [-0.39, 0.29) is 12.0 Å². The van der Waals surface area contributed by atoms with Crippen LogP contribution in [0.4, 0.5) is 0 Å². The molecule has 0 radical (unpaired) electrons. The summed E-state index contributed by atoms with van der Waals surface area (Å²) in [7, 11) is 0. The molecular weight excluding hydrogens is 314 g/mol. The van der Waals surface area contributed by atoms with Crippen molar-refractivity contribution in [3.05, 3.63) is 29.0 Å². The first-order valence-corrected chi connectivity index (χ1v) is 8.85. The summed E-state index contributed by atoms with van der Waals surface area (Å²) in [5.74, 6) is -0.0382. The molecule has 1 aromatic rings. The van der Waals surface area contributed by atoms with Gasteiger partial charge in [0.2, 0.25) is 0 Å². The zero-order chi connectivity index (χ0) is 16.1. The van der Waals surface area contributed by atoms with Gasteiger partial charge in [0.25, 0.3) is 5.91 Å². The van der Waals surface area contributed by atoms with Crippen molar-refractivity contribution >= 4 is 17.5 Å². The monoisotopic (exact) mass is 337 g/mol. The maximum Gasteiger partial charge on any atom is 0.272 e. The average molecular weight is 338 g/mol. The molecule has 2 aliphatic rings. The molecule has 3 heterocycles. The van der Waals surface area contributed by atoms with E-state index in [4.69, 9.17) is 16.3 Å². The Morgan fingerprint density at radius 1 is 1.26 bits per heavy atom. The maximum absolute atomic E-state index is 12.4. The molecule has 23 heavy (non-hydrogen) atoms. The molecule has 2 saturated heterocycles. The molecule has 1 aromatic heterocycles. The second-order valence-corrected chi connectivity index (χ2v) is 6.73. The van der Waals surface area contributed by atoms with Crippen LogP contribution >= 0.6 is 11.6 Å². The Morgan fingerprint density at radius 2 is 2.09 bits per heavy atom. The van der Waals surface area contributed by atoms with Gasteiger partial charge in [0.15, 0.2) is 0 Å². The second-order valence-electron chi connectivity index (χ2n) is 6.30. The minimum absolute atomic E-state index is 0.0382. The molecule has 1 unspecified atom stereocenters. The predicted octanol–water partition coefficient (Wildman–Crippen LogP) is 2.45. The molecule has 126 valence electrons. The van der Waals surface area contributed by atoms with Crippen molar-refractivity contribution in [1.29, 1.82) is 0 Å². The number of nitrogens with zero attached hydrogens (tertiary/aromatic N) is 3. The maximum atomic E-state index is 12.4. The largest absolute Gasteiger partial charge is 0.375 e. The second kappa shape index (κ2) is 8.08. The van der Waals surface area contributed by atoms with Crippen molar-refractivity contribution < 1.29 is 9.53 Å². The lowest BCUT2D eigenvalue weighted by Crippen LogP contribution is -2.34. The summed E-state index contributed by atoms with van der Waals surface area (Å²) in [6, 6.07) is 3.37. The molecule has 1 atom stereocenters. The fourth-order valence-electron chi connectivity index (χ4n) is 3.24. The van der Waals surface area contributed by atoms with Gasteiger partial charge in [-0.3, -0.25) is 4.79 Å². The van der Waals surface area contributed by atoms with Crippen molar-refractivity contribution in [3.8, 4) is 0 Å². The Balaban J connectivity index is 1.41. The Morgan fingerprint density at radius 3 is 2.83 bits per heavy atom. The van der Waals surface area contributed by atoms with Gasteiger partial charge in [-0.05, 0) is 44.5 Å². The van der Waals surface area contributed by atoms with Gasteiger partial charge in [-0.25, -0.2) is 4.98 Å². The summed E-state index contributed by atoms with van der Waals surface area (Å²) < 4.78 is 5.96. The number of hydrogen-bond donors (Lipinski definition) is 0. The van der Waals surface area contributed by atoms with E-state index in [9.17, 15) is 4.79 Å². The topological polar surface area (TPSA) is 45.7 Å². The van der Waals surface area contributed by atoms with Crippen molar-refractivity contribution in [2.24, 2.45) is 0 Å². The molecule has 3 rings (SSSR count). The number of carbonyl (C=O) groups is 1. The Labute approximate surface area is 142 Å². The molecule has 0 spiro atoms. The van der Waals surface area contributed by atoms with Crippen molar-refractivity contribution in [2.45, 2.75) is 31.8 Å². The van der Waals surface area contributed by atoms with Crippen LogP contribution in [-0.2, 0) is 4.74 Å². The van der Waals surface area contributed by atoms with Crippen LogP contribution in [0.25, 0.3) is 0 Å². The van der Waals surface area contributed by atoms with Gasteiger partial charge in [0.1, 0.15) is 5.69 Å². The third kappa shape index (κ3) is 4.66. The molecular formula is C17H24ClN3O2. The molecule has 1 amide bonds. The van der Waals surface area contributed by atoms with E-state index in [1.165, 1.54) is 38.5 Å². The van der Waals surface area contributed by atoms with Crippen molar-refractivity contribution in [2.75, 3.05) is 39.3 Å². The number of piperidine rings is 1. The highest BCUT2D eigenvalue weighted by Crippen LogP contribution is 2.16. The van der Waals surface area contributed by atoms with E-state index in [1.807, 2.05) is 4.90 Å². The SMILES string of the molecule is O=C(c1ccc(Cl)cn1)N1CCC(OCCN2CCCCC2)C1. The molecule has 5 nitrogen and oxygen atoms in total. The first-order chi connectivity index (χ1) is 11.2. The van der Waals surface area contributed by atoms with Crippen LogP contribution in [0.5, 0.6) is 0 Å². The normalized spacial score (nSPS) is 22.5. The van der Waals surface area contributed by atoms with E-state index in [0.717, 1.165) is 26.1 Å². The molecule has 0 aromatic carbocycles. The van der Waals surface area contributed by atoms with Crippen LogP contribution in [-0.4, -0.2) is 66.1 Å². The zero-order valence-corrected chi connectivity index (χ0v) is 14.2. The van der Waals surface area contributed by atoms with Crippen LogP contribution in [0.15, 0.2) is 18.3 Å². The highest BCUT2D eigenvalue weighted by atomic mass is 35.5. The van der Waals surface area contributed by atoms with E-state index in [2.05, 4.69) is 9.88 Å². The molecule has 6 heteroatoms. The fraction of sp³-hybridized carbons (Fsp3) is 0.647. The summed E-state index contributed by atoms with van der Waals surface area (Å²) in [4.78, 5) is 20.8. The number of halogens is 1. The highest BCUT2D eigenvalue weighted by molar-refractivity contribution is 6.30. The van der Waals surface area contributed by atoms with Gasteiger partial charge in [0, 0.05) is 25.8 Å². The summed E-state index contributed by atoms with van der Waals surface area (Å²) in [5, 5.41) is 0.543. The smallest absolute Gasteiger partial charge is 0.272 e. The lowest BCUT2D eigenvalue weighted by atomic mass is 10.1. The first-order valence-electron chi connectivity index (χ1n) is 8.47. The Kier molecular flexibility index (Phi) is 5.86. The number of likely N-dealkylation sites (tertiary alicyclic amines) is 2. The number of aromatic nitrogens is 1. The van der Waals surface area contributed by atoms with Crippen molar-refractivity contribution in [1.82, 2.24) is 14.8 Å². The number of amides is 1. The Bertz CT molecular complexity index is 517. The quantitative estimate of drug-likeness (QED) is 0.828. The van der Waals surface area contributed by atoms with E-state index < -0.39 is 0 Å². The standard InChI is InChI=1S/C17H24ClN3O2/c18-14-4-5-16(19-12-14)17(22)21-9-6-15(13-21)23-11-10-20-7-2-1-3-8-20/h4-5,12,15H,1-3,6-11,13H2. The van der Waals surface area contributed by atoms with Crippen LogP contribution in [0.1, 0.15) is 36.2 Å². The zero-order valence-electron chi connectivity index (χ0n) is 13.4. The van der Waals surface area contributed by atoms with Gasteiger partial charge >= 0.3 is 0 Å². The number of hydrogen-bond acceptors (Lipinski definition) is 4. The van der Waals surface area contributed by atoms with Crippen LogP contribution < -0.4 is 0 Å². The molecule has 2 aliphatic heterocycles. The summed E-state index contributed by atoms with van der Waals surface area (Å²) in [6.45, 7) is 5.54. The lowest BCUT2D eigenvalue weighted by molar-refractivity contribution is 0.0378. The van der Waals surface area contributed by atoms with E-state index in [0.29, 0.717) is 17.3 Å². The van der Waals surface area contributed by atoms with Gasteiger partial charge in [-0.2, -0.15) is 0 Å². The van der Waals surface area contributed by atoms with Gasteiger partial charge in [-0.1, -0.05) is 18.0 Å². The summed E-state index contributed by atoms with van der Waals surface area (Å²) >= 11 is 5.81. The van der Waals surface area contributed by atoms with Gasteiger partial charge in [0.05, 0.1) is 17.7 Å². The lowest BCUT2D eigenvalue weighted by Gasteiger charge is -2.26. The number of rotatable bonds is 5. The van der Waals surface area contributed by atoms with Gasteiger partial charge < -0.3 is 14.5 Å². The van der Waals surface area contributed by atoms with Crippen molar-refractivity contribution in [3.63, 3.8) is 0 Å². The number of carbonyl (C=O) groups excluding carboxylic acids is 1. The molecule has 0 aliphatic carbocycles. The minimum atomic E-state index is -0.0382. The third-order valence-electron chi connectivity index (χ3n) is 4.59. The van der Waals surface area contributed by atoms with Crippen LogP contribution in [0.2, 0.25) is 5.02 Å². The molecule has 0 N–H and O–H groups in total. The van der Waals surface area contributed by atoms with Gasteiger partial charge in [-0.15, -0.1) is 0 Å². The fourth-order valence-corrected chi connectivity index (χ4v) is 3.36. The molecule has 2 fully saturated rings.